The number of nitrogens with one attached hydrogen (secondary N) is 3. The first-order valence-electron chi connectivity index (χ1n) is 23.3. The molecule has 1 spiro atoms. The van der Waals surface area contributed by atoms with Crippen molar-refractivity contribution < 1.29 is 42.9 Å². The predicted molar refractivity (Wildman–Crippen MR) is 242 cm³/mol. The zero-order valence-electron chi connectivity index (χ0n) is 37.6. The van der Waals surface area contributed by atoms with Crippen LogP contribution in [-0.4, -0.2) is 135 Å². The van der Waals surface area contributed by atoms with Gasteiger partial charge in [-0.15, -0.1) is 0 Å². The molecule has 0 bridgehead atoms. The first-order chi connectivity index (χ1) is 31.5. The molecule has 3 aromatic rings. The number of hydrogen-bond donors (Lipinski definition) is 3. The molecule has 0 radical (unpaired) electrons. The Labute approximate surface area is 378 Å². The maximum Gasteiger partial charge on any atom is 0.407 e. The van der Waals surface area contributed by atoms with Crippen molar-refractivity contribution >= 4 is 52.0 Å². The van der Waals surface area contributed by atoms with E-state index < -0.39 is 36.1 Å². The van der Waals surface area contributed by atoms with Crippen molar-refractivity contribution in [2.45, 2.75) is 107 Å². The van der Waals surface area contributed by atoms with Gasteiger partial charge in [0.05, 0.1) is 63.8 Å². The Balaban J connectivity index is 0.867. The smallest absolute Gasteiger partial charge is 0.407 e. The number of hydrogen-bond acceptors (Lipinski definition) is 12. The van der Waals surface area contributed by atoms with E-state index in [-0.39, 0.29) is 48.3 Å². The van der Waals surface area contributed by atoms with Gasteiger partial charge in [0.25, 0.3) is 0 Å². The summed E-state index contributed by atoms with van der Waals surface area (Å²) in [5.41, 5.74) is 7.82. The van der Waals surface area contributed by atoms with Gasteiger partial charge in [0.1, 0.15) is 17.9 Å². The van der Waals surface area contributed by atoms with E-state index in [0.717, 1.165) is 64.8 Å². The molecule has 10 rings (SSSR count). The van der Waals surface area contributed by atoms with Crippen molar-refractivity contribution in [3.05, 3.63) is 65.2 Å². The summed E-state index contributed by atoms with van der Waals surface area (Å²) in [4.78, 5) is 67.2. The Morgan fingerprint density at radius 1 is 0.846 bits per heavy atom. The second-order valence-electron chi connectivity index (χ2n) is 18.8. The number of carbonyl (C=O) groups excluding carboxylic acids is 4. The van der Waals surface area contributed by atoms with Crippen LogP contribution in [0.25, 0.3) is 21.9 Å². The first-order valence-corrected chi connectivity index (χ1v) is 23.3. The van der Waals surface area contributed by atoms with E-state index in [2.05, 4.69) is 64.5 Å². The molecule has 0 saturated carbocycles. The summed E-state index contributed by atoms with van der Waals surface area (Å²) in [6.45, 7) is 6.69. The number of benzene rings is 3. The molecule has 6 heterocycles. The molecule has 3 N–H and O–H groups in total. The van der Waals surface area contributed by atoms with Crippen molar-refractivity contribution in [1.29, 1.82) is 0 Å². The lowest BCUT2D eigenvalue weighted by atomic mass is 9.83. The molecule has 16 nitrogen and oxygen atoms in total. The number of likely N-dealkylation sites (tertiary alicyclic amines) is 2. The average Bonchev–Trinajstić information content (AvgIpc) is 4.19. The maximum atomic E-state index is 14.6. The van der Waals surface area contributed by atoms with Gasteiger partial charge in [-0.1, -0.05) is 50.2 Å². The van der Waals surface area contributed by atoms with Gasteiger partial charge in [0, 0.05) is 38.3 Å². The monoisotopic (exact) mass is 889 g/mol. The summed E-state index contributed by atoms with van der Waals surface area (Å²) in [7, 11) is 2.61. The number of amides is 4. The van der Waals surface area contributed by atoms with Gasteiger partial charge in [0.15, 0.2) is 5.79 Å². The second kappa shape index (κ2) is 17.7. The SMILES string of the molecule is COC(=O)N[C@H](C(=O)N1CCC[C@H]1C1=Nc2ccc3cc(-c4ccc5c(c4)CCC4NC([C@@H]6CC7(CN6C(=O)[C@@H](NC(=O)OC)C6CCOCC6)OCCO7)=NC54)ccc3c2C1)C(C)C. The number of amidine groups is 1. The van der Waals surface area contributed by atoms with E-state index in [1.165, 1.54) is 30.9 Å². The van der Waals surface area contributed by atoms with Crippen molar-refractivity contribution in [3.8, 4) is 11.1 Å². The fraction of sp³-hybridized carbons (Fsp3) is 0.551. The van der Waals surface area contributed by atoms with Gasteiger partial charge < -0.3 is 49.4 Å². The quantitative estimate of drug-likeness (QED) is 0.253. The molecule has 16 heteroatoms. The Kier molecular flexibility index (Phi) is 11.8. The van der Waals surface area contributed by atoms with Gasteiger partial charge in [-0.3, -0.25) is 19.6 Å². The zero-order valence-corrected chi connectivity index (χ0v) is 37.6. The largest absolute Gasteiger partial charge is 0.453 e. The Bertz CT molecular complexity index is 2440. The third kappa shape index (κ3) is 8.11. The molecule has 65 heavy (non-hydrogen) atoms. The molecule has 6 aliphatic heterocycles. The number of rotatable bonds is 9. The lowest BCUT2D eigenvalue weighted by molar-refractivity contribution is -0.154. The van der Waals surface area contributed by atoms with Crippen molar-refractivity contribution in [3.63, 3.8) is 0 Å². The summed E-state index contributed by atoms with van der Waals surface area (Å²) in [5.74, 6) is -0.660. The van der Waals surface area contributed by atoms with Crippen LogP contribution in [0, 0.1) is 11.8 Å². The predicted octanol–water partition coefficient (Wildman–Crippen LogP) is 5.36. The van der Waals surface area contributed by atoms with E-state index >= 15 is 0 Å². The van der Waals surface area contributed by atoms with Crippen LogP contribution in [0.15, 0.2) is 58.5 Å². The molecule has 344 valence electrons. The van der Waals surface area contributed by atoms with Crippen LogP contribution in [0.2, 0.25) is 0 Å². The molecular weight excluding hydrogens is 831 g/mol. The second-order valence-corrected chi connectivity index (χ2v) is 18.8. The molecule has 4 saturated heterocycles. The van der Waals surface area contributed by atoms with Crippen LogP contribution >= 0.6 is 0 Å². The van der Waals surface area contributed by atoms with E-state index in [4.69, 9.17) is 33.7 Å². The zero-order chi connectivity index (χ0) is 45.0. The van der Waals surface area contributed by atoms with Gasteiger partial charge in [-0.25, -0.2) is 9.59 Å². The topological polar surface area (TPSA) is 182 Å². The average molecular weight is 890 g/mol. The highest BCUT2D eigenvalue weighted by atomic mass is 16.7. The van der Waals surface area contributed by atoms with E-state index in [9.17, 15) is 19.2 Å². The molecule has 4 amide bonds. The fourth-order valence-corrected chi connectivity index (χ4v) is 11.3. The number of alkyl carbamates (subject to hydrolysis) is 2. The van der Waals surface area contributed by atoms with Crippen LogP contribution < -0.4 is 16.0 Å². The summed E-state index contributed by atoms with van der Waals surface area (Å²) in [6, 6.07) is 15.6. The molecule has 4 fully saturated rings. The van der Waals surface area contributed by atoms with Crippen LogP contribution in [0.3, 0.4) is 0 Å². The van der Waals surface area contributed by atoms with Gasteiger partial charge in [0.2, 0.25) is 11.8 Å². The van der Waals surface area contributed by atoms with Crippen molar-refractivity contribution in [2.24, 2.45) is 21.8 Å². The summed E-state index contributed by atoms with van der Waals surface area (Å²) in [5, 5.41) is 11.6. The highest BCUT2D eigenvalue weighted by Crippen LogP contribution is 2.43. The number of fused-ring (bicyclic) bond motifs is 6. The van der Waals surface area contributed by atoms with E-state index in [1.54, 1.807) is 4.90 Å². The fourth-order valence-electron chi connectivity index (χ4n) is 11.3. The van der Waals surface area contributed by atoms with E-state index in [0.29, 0.717) is 58.7 Å². The van der Waals surface area contributed by atoms with Crippen LogP contribution in [-0.2, 0) is 46.1 Å². The lowest BCUT2D eigenvalue weighted by Gasteiger charge is -2.34. The first kappa shape index (κ1) is 43.3. The Morgan fingerprint density at radius 3 is 2.37 bits per heavy atom. The third-order valence-electron chi connectivity index (χ3n) is 14.7. The van der Waals surface area contributed by atoms with Gasteiger partial charge in [-0.2, -0.15) is 0 Å². The minimum absolute atomic E-state index is 0.0826. The van der Waals surface area contributed by atoms with Crippen molar-refractivity contribution in [1.82, 2.24) is 25.8 Å². The van der Waals surface area contributed by atoms with Crippen LogP contribution in [0.5, 0.6) is 0 Å². The molecular formula is C49H59N7O9. The number of carbonyl (C=O) groups is 4. The number of ether oxygens (including phenoxy) is 5. The van der Waals surface area contributed by atoms with Crippen LogP contribution in [0.1, 0.15) is 75.1 Å². The number of aryl methyl sites for hydroxylation is 1. The molecule has 2 unspecified atom stereocenters. The molecule has 1 aliphatic carbocycles. The summed E-state index contributed by atoms with van der Waals surface area (Å²) < 4.78 is 27.7. The van der Waals surface area contributed by atoms with Crippen LogP contribution in [0.4, 0.5) is 15.3 Å². The minimum Gasteiger partial charge on any atom is -0.453 e. The van der Waals surface area contributed by atoms with Crippen molar-refractivity contribution in [2.75, 3.05) is 53.7 Å². The van der Waals surface area contributed by atoms with Gasteiger partial charge in [-0.05, 0) is 101 Å². The maximum absolute atomic E-state index is 14.6. The number of nitrogens with zero attached hydrogens (tertiary/aromatic N) is 4. The molecule has 0 aromatic heterocycles. The molecule has 3 aromatic carbocycles. The lowest BCUT2D eigenvalue weighted by Crippen LogP contribution is -2.56. The number of aliphatic imine (C=N–C) groups is 2. The molecule has 6 atom stereocenters. The highest BCUT2D eigenvalue weighted by Gasteiger charge is 2.55. The Morgan fingerprint density at radius 2 is 1.60 bits per heavy atom. The van der Waals surface area contributed by atoms with E-state index in [1.807, 2.05) is 18.7 Å². The van der Waals surface area contributed by atoms with Gasteiger partial charge >= 0.3 is 12.2 Å². The Hall–Kier alpha value is -5.58. The normalized spacial score (nSPS) is 25.4. The highest BCUT2D eigenvalue weighted by molar-refractivity contribution is 6.06. The number of methoxy groups -OCH3 is 2. The standard InChI is InChI=1S/C49H59N7O9/c1-27(2)41(53-47(59)61-3)45(57)55-17-5-6-39(55)38-24-35-33-11-7-29(22-31(33)9-13-36(35)50-38)30-8-12-34-32(23-30)10-14-37-43(34)52-44(51-37)40-25-49(64-20-21-65-49)26-56(40)46(58)42(54-48(60)62-4)28-15-18-63-19-16-28/h7-9,11-13,22-23,27-28,37,39-43H,5-6,10,14-21,24-26H2,1-4H3,(H,51,52)(H,53,59)(H,54,60)/t37?,39-,40-,41-,42-,43?/m0/s1. The summed E-state index contributed by atoms with van der Waals surface area (Å²) >= 11 is 0. The molecule has 7 aliphatic rings. The minimum atomic E-state index is -0.924. The third-order valence-corrected chi connectivity index (χ3v) is 14.7. The summed E-state index contributed by atoms with van der Waals surface area (Å²) in [6.07, 6.45) is 4.66.